The summed E-state index contributed by atoms with van der Waals surface area (Å²) >= 11 is 0. The van der Waals surface area contributed by atoms with E-state index in [1.807, 2.05) is 54.3 Å². The molecule has 0 aromatic heterocycles. The van der Waals surface area contributed by atoms with E-state index in [2.05, 4.69) is 12.1 Å². The Hall–Kier alpha value is -2.62. The van der Waals surface area contributed by atoms with Crippen molar-refractivity contribution in [2.24, 2.45) is 0 Å². The van der Waals surface area contributed by atoms with Gasteiger partial charge in [-0.15, -0.1) is 0 Å². The van der Waals surface area contributed by atoms with Crippen LogP contribution in [0.3, 0.4) is 0 Å². The van der Waals surface area contributed by atoms with Gasteiger partial charge in [-0.05, 0) is 49.9 Å². The molecule has 26 heavy (non-hydrogen) atoms. The van der Waals surface area contributed by atoms with Crippen LogP contribution >= 0.6 is 0 Å². The van der Waals surface area contributed by atoms with Crippen LogP contribution in [-0.4, -0.2) is 36.3 Å². The summed E-state index contributed by atoms with van der Waals surface area (Å²) in [6.45, 7) is 4.97. The molecule has 0 atom stereocenters. The van der Waals surface area contributed by atoms with Gasteiger partial charge in [0.1, 0.15) is 11.5 Å². The largest absolute Gasteiger partial charge is 0.484 e. The number of aryl methyl sites for hydroxylation is 1. The van der Waals surface area contributed by atoms with Crippen LogP contribution in [0.1, 0.15) is 31.4 Å². The quantitative estimate of drug-likeness (QED) is 0.655. The number of carbonyl (C=O) groups is 2. The van der Waals surface area contributed by atoms with Crippen molar-refractivity contribution in [2.75, 3.05) is 19.7 Å². The SMILES string of the molecule is CCN(CCc1ccccc1)C(=O)COc1ccc(CCC(C)=O)cc1. The number of hydrogen-bond acceptors (Lipinski definition) is 3. The predicted molar refractivity (Wildman–Crippen MR) is 103 cm³/mol. The van der Waals surface area contributed by atoms with Crippen molar-refractivity contribution in [1.29, 1.82) is 0 Å². The molecule has 2 rings (SSSR count). The van der Waals surface area contributed by atoms with Gasteiger partial charge in [-0.25, -0.2) is 0 Å². The maximum atomic E-state index is 12.4. The Labute approximate surface area is 155 Å². The minimum atomic E-state index is -0.0101. The van der Waals surface area contributed by atoms with Gasteiger partial charge >= 0.3 is 0 Å². The highest BCUT2D eigenvalue weighted by Gasteiger charge is 2.12. The third-order valence-corrected chi connectivity index (χ3v) is 4.30. The van der Waals surface area contributed by atoms with Crippen LogP contribution in [0.15, 0.2) is 54.6 Å². The second kappa shape index (κ2) is 10.4. The van der Waals surface area contributed by atoms with Gasteiger partial charge in [0.05, 0.1) is 0 Å². The van der Waals surface area contributed by atoms with E-state index in [0.717, 1.165) is 18.4 Å². The molecule has 2 aromatic carbocycles. The lowest BCUT2D eigenvalue weighted by atomic mass is 10.1. The van der Waals surface area contributed by atoms with Gasteiger partial charge in [-0.1, -0.05) is 42.5 Å². The predicted octanol–water partition coefficient (Wildman–Crippen LogP) is 3.68. The van der Waals surface area contributed by atoms with Crippen molar-refractivity contribution in [1.82, 2.24) is 4.90 Å². The highest BCUT2D eigenvalue weighted by molar-refractivity contribution is 5.77. The van der Waals surface area contributed by atoms with Gasteiger partial charge in [0.25, 0.3) is 5.91 Å². The molecule has 0 bridgehead atoms. The Morgan fingerprint density at radius 2 is 1.58 bits per heavy atom. The van der Waals surface area contributed by atoms with E-state index in [4.69, 9.17) is 4.74 Å². The lowest BCUT2D eigenvalue weighted by molar-refractivity contribution is -0.133. The van der Waals surface area contributed by atoms with Crippen molar-refractivity contribution >= 4 is 11.7 Å². The normalized spacial score (nSPS) is 10.4. The van der Waals surface area contributed by atoms with Crippen LogP contribution < -0.4 is 4.74 Å². The number of Topliss-reactive ketones (excluding diaryl/α,β-unsaturated/α-hetero) is 1. The molecule has 0 saturated heterocycles. The second-order valence-electron chi connectivity index (χ2n) is 6.34. The first-order valence-electron chi connectivity index (χ1n) is 9.11. The molecular formula is C22H27NO3. The number of ketones is 1. The third-order valence-electron chi connectivity index (χ3n) is 4.30. The fraction of sp³-hybridized carbons (Fsp3) is 0.364. The molecule has 0 aliphatic rings. The summed E-state index contributed by atoms with van der Waals surface area (Å²) < 4.78 is 5.63. The molecule has 0 radical (unpaired) electrons. The summed E-state index contributed by atoms with van der Waals surface area (Å²) in [5.41, 5.74) is 2.32. The topological polar surface area (TPSA) is 46.6 Å². The summed E-state index contributed by atoms with van der Waals surface area (Å²) in [4.78, 5) is 25.2. The average Bonchev–Trinajstić information content (AvgIpc) is 2.66. The first kappa shape index (κ1) is 19.7. The molecule has 4 heteroatoms. The van der Waals surface area contributed by atoms with Gasteiger partial charge in [0.2, 0.25) is 0 Å². The van der Waals surface area contributed by atoms with Crippen molar-refractivity contribution in [3.05, 3.63) is 65.7 Å². The Bertz CT molecular complexity index is 695. The Morgan fingerprint density at radius 3 is 2.19 bits per heavy atom. The summed E-state index contributed by atoms with van der Waals surface area (Å²) in [5.74, 6) is 0.846. The molecular weight excluding hydrogens is 326 g/mol. The number of hydrogen-bond donors (Lipinski definition) is 0. The van der Waals surface area contributed by atoms with Gasteiger partial charge in [-0.2, -0.15) is 0 Å². The van der Waals surface area contributed by atoms with E-state index < -0.39 is 0 Å². The molecule has 0 fully saturated rings. The van der Waals surface area contributed by atoms with E-state index in [-0.39, 0.29) is 18.3 Å². The Balaban J connectivity index is 1.79. The first-order valence-corrected chi connectivity index (χ1v) is 9.11. The zero-order chi connectivity index (χ0) is 18.8. The van der Waals surface area contributed by atoms with Crippen molar-refractivity contribution in [2.45, 2.75) is 33.1 Å². The molecule has 0 N–H and O–H groups in total. The van der Waals surface area contributed by atoms with Gasteiger partial charge < -0.3 is 14.4 Å². The third kappa shape index (κ3) is 6.71. The monoisotopic (exact) mass is 353 g/mol. The van der Waals surface area contributed by atoms with Gasteiger partial charge in [-0.3, -0.25) is 4.79 Å². The maximum Gasteiger partial charge on any atom is 0.260 e. The Morgan fingerprint density at radius 1 is 0.923 bits per heavy atom. The summed E-state index contributed by atoms with van der Waals surface area (Å²) in [7, 11) is 0. The fourth-order valence-electron chi connectivity index (χ4n) is 2.68. The Kier molecular flexibility index (Phi) is 7.87. The van der Waals surface area contributed by atoms with Gasteiger partial charge in [0.15, 0.2) is 6.61 Å². The highest BCUT2D eigenvalue weighted by Crippen LogP contribution is 2.14. The van der Waals surface area contributed by atoms with Crippen LogP contribution in [0.5, 0.6) is 5.75 Å². The smallest absolute Gasteiger partial charge is 0.260 e. The number of rotatable bonds is 10. The van der Waals surface area contributed by atoms with Crippen molar-refractivity contribution < 1.29 is 14.3 Å². The summed E-state index contributed by atoms with van der Waals surface area (Å²) in [5, 5.41) is 0. The molecule has 2 aromatic rings. The van der Waals surface area contributed by atoms with E-state index >= 15 is 0 Å². The molecule has 0 unspecified atom stereocenters. The lowest BCUT2D eigenvalue weighted by Crippen LogP contribution is -2.36. The summed E-state index contributed by atoms with van der Waals surface area (Å²) in [6, 6.07) is 17.7. The van der Waals surface area contributed by atoms with Crippen LogP contribution in [0.4, 0.5) is 0 Å². The molecule has 0 aliphatic heterocycles. The first-order chi connectivity index (χ1) is 12.6. The molecule has 0 spiro atoms. The number of ether oxygens (including phenoxy) is 1. The minimum Gasteiger partial charge on any atom is -0.484 e. The average molecular weight is 353 g/mol. The van der Waals surface area contributed by atoms with Crippen LogP contribution in [0, 0.1) is 0 Å². The number of nitrogens with zero attached hydrogens (tertiary/aromatic N) is 1. The van der Waals surface area contributed by atoms with E-state index in [0.29, 0.717) is 25.3 Å². The van der Waals surface area contributed by atoms with E-state index in [1.54, 1.807) is 6.92 Å². The fourth-order valence-corrected chi connectivity index (χ4v) is 2.68. The van der Waals surface area contributed by atoms with Crippen LogP contribution in [0.2, 0.25) is 0 Å². The zero-order valence-electron chi connectivity index (χ0n) is 15.6. The minimum absolute atomic E-state index is 0.0101. The van der Waals surface area contributed by atoms with Crippen LogP contribution in [0.25, 0.3) is 0 Å². The van der Waals surface area contributed by atoms with E-state index in [1.165, 1.54) is 5.56 Å². The van der Waals surface area contributed by atoms with Crippen molar-refractivity contribution in [3.8, 4) is 5.75 Å². The van der Waals surface area contributed by atoms with Gasteiger partial charge in [0, 0.05) is 19.5 Å². The standard InChI is InChI=1S/C22H27NO3/c1-3-23(16-15-19-7-5-4-6-8-19)22(25)17-26-21-13-11-20(12-14-21)10-9-18(2)24/h4-8,11-14H,3,9-10,15-17H2,1-2H3. The molecule has 0 saturated carbocycles. The number of amides is 1. The highest BCUT2D eigenvalue weighted by atomic mass is 16.5. The number of carbonyl (C=O) groups excluding carboxylic acids is 2. The molecule has 4 nitrogen and oxygen atoms in total. The molecule has 138 valence electrons. The summed E-state index contributed by atoms with van der Waals surface area (Å²) in [6.07, 6.45) is 2.12. The zero-order valence-corrected chi connectivity index (χ0v) is 15.6. The maximum absolute atomic E-state index is 12.4. The molecule has 0 heterocycles. The number of likely N-dealkylation sites (N-methyl/N-ethyl adjacent to an activating group) is 1. The molecule has 0 aliphatic carbocycles. The number of benzene rings is 2. The van der Waals surface area contributed by atoms with E-state index in [9.17, 15) is 9.59 Å². The lowest BCUT2D eigenvalue weighted by Gasteiger charge is -2.21. The molecule has 1 amide bonds. The van der Waals surface area contributed by atoms with Crippen molar-refractivity contribution in [3.63, 3.8) is 0 Å². The van der Waals surface area contributed by atoms with Crippen LogP contribution in [-0.2, 0) is 22.4 Å². The second-order valence-corrected chi connectivity index (χ2v) is 6.34.